The summed E-state index contributed by atoms with van der Waals surface area (Å²) >= 11 is 0. The molecule has 3 aliphatic rings. The van der Waals surface area contributed by atoms with Gasteiger partial charge in [0, 0.05) is 25.0 Å². The number of nitrogens with one attached hydrogen (secondary N) is 1. The molecule has 2 fully saturated rings. The van der Waals surface area contributed by atoms with Crippen LogP contribution in [0.5, 0.6) is 0 Å². The molecular weight excluding hydrogens is 248 g/mol. The van der Waals surface area contributed by atoms with Crippen LogP contribution in [0.4, 0.5) is 4.79 Å². The molecule has 0 heterocycles. The Morgan fingerprint density at radius 1 is 1.40 bits per heavy atom. The van der Waals surface area contributed by atoms with Crippen LogP contribution >= 0.6 is 0 Å². The number of amides is 2. The summed E-state index contributed by atoms with van der Waals surface area (Å²) in [6.45, 7) is 0.838. The fourth-order valence-corrected chi connectivity index (χ4v) is 3.96. The normalized spacial score (nSPS) is 30.1. The van der Waals surface area contributed by atoms with Crippen LogP contribution < -0.4 is 5.32 Å². The van der Waals surface area contributed by atoms with Crippen LogP contribution in [0.3, 0.4) is 0 Å². The first kappa shape index (κ1) is 12.2. The summed E-state index contributed by atoms with van der Waals surface area (Å²) in [6, 6.07) is 9.46. The van der Waals surface area contributed by atoms with E-state index in [-0.39, 0.29) is 6.03 Å². The molecule has 2 amide bonds. The molecule has 2 atom stereocenters. The molecule has 0 aromatic heterocycles. The van der Waals surface area contributed by atoms with Crippen molar-refractivity contribution >= 4 is 6.03 Å². The van der Waals surface area contributed by atoms with E-state index in [0.29, 0.717) is 17.4 Å². The van der Waals surface area contributed by atoms with E-state index in [0.717, 1.165) is 6.54 Å². The zero-order valence-corrected chi connectivity index (χ0v) is 12.1. The molecule has 1 N–H and O–H groups in total. The van der Waals surface area contributed by atoms with Gasteiger partial charge in [-0.25, -0.2) is 4.79 Å². The fourth-order valence-electron chi connectivity index (χ4n) is 3.96. The Bertz CT molecular complexity index is 552. The maximum absolute atomic E-state index is 12.0. The molecule has 106 valence electrons. The summed E-state index contributed by atoms with van der Waals surface area (Å²) in [5.41, 5.74) is 3.47. The summed E-state index contributed by atoms with van der Waals surface area (Å²) in [4.78, 5) is 13.9. The lowest BCUT2D eigenvalue weighted by Gasteiger charge is -2.18. The number of carbonyl (C=O) groups excluding carboxylic acids is 1. The Kier molecular flexibility index (Phi) is 2.60. The summed E-state index contributed by atoms with van der Waals surface area (Å²) in [5.74, 6) is 0.641. The molecule has 1 aromatic carbocycles. The first-order chi connectivity index (χ1) is 9.71. The quantitative estimate of drug-likeness (QED) is 0.900. The number of aryl methyl sites for hydroxylation is 1. The molecule has 2 saturated carbocycles. The monoisotopic (exact) mass is 270 g/mol. The van der Waals surface area contributed by atoms with Gasteiger partial charge in [0.15, 0.2) is 0 Å². The molecule has 0 saturated heterocycles. The van der Waals surface area contributed by atoms with E-state index in [1.54, 1.807) is 5.56 Å². The van der Waals surface area contributed by atoms with Gasteiger partial charge in [0.25, 0.3) is 0 Å². The molecule has 1 spiro atoms. The number of hydrogen-bond donors (Lipinski definition) is 1. The highest BCUT2D eigenvalue weighted by molar-refractivity contribution is 5.74. The predicted octanol–water partition coefficient (Wildman–Crippen LogP) is 2.69. The Labute approximate surface area is 120 Å². The fraction of sp³-hybridized carbons (Fsp3) is 0.588. The first-order valence-corrected chi connectivity index (χ1v) is 7.80. The number of benzene rings is 1. The molecule has 3 heteroatoms. The van der Waals surface area contributed by atoms with Crippen molar-refractivity contribution in [3.63, 3.8) is 0 Å². The number of rotatable bonds is 3. The summed E-state index contributed by atoms with van der Waals surface area (Å²) < 4.78 is 0. The molecule has 2 unspecified atom stereocenters. The largest absolute Gasteiger partial charge is 0.338 e. The van der Waals surface area contributed by atoms with Crippen molar-refractivity contribution in [3.05, 3.63) is 35.4 Å². The average Bonchev–Trinajstić information content (AvgIpc) is 3.36. The zero-order valence-electron chi connectivity index (χ0n) is 12.1. The van der Waals surface area contributed by atoms with Crippen molar-refractivity contribution < 1.29 is 4.79 Å². The van der Waals surface area contributed by atoms with E-state index in [1.165, 1.54) is 37.7 Å². The topological polar surface area (TPSA) is 32.3 Å². The molecule has 4 rings (SSSR count). The van der Waals surface area contributed by atoms with E-state index in [4.69, 9.17) is 0 Å². The SMILES string of the molecule is CN(C(=O)NCC1CC12CCc1ccccc12)C1CC1. The molecule has 0 aliphatic heterocycles. The second-order valence-corrected chi connectivity index (χ2v) is 6.74. The van der Waals surface area contributed by atoms with Crippen LogP contribution in [0.2, 0.25) is 0 Å². The second-order valence-electron chi connectivity index (χ2n) is 6.74. The van der Waals surface area contributed by atoms with E-state index >= 15 is 0 Å². The Morgan fingerprint density at radius 2 is 2.20 bits per heavy atom. The van der Waals surface area contributed by atoms with Gasteiger partial charge in [-0.1, -0.05) is 24.3 Å². The predicted molar refractivity (Wildman–Crippen MR) is 78.7 cm³/mol. The van der Waals surface area contributed by atoms with Gasteiger partial charge in [-0.2, -0.15) is 0 Å². The minimum absolute atomic E-state index is 0.112. The highest BCUT2D eigenvalue weighted by Crippen LogP contribution is 2.61. The summed E-state index contributed by atoms with van der Waals surface area (Å²) in [6.07, 6.45) is 6.07. The lowest BCUT2D eigenvalue weighted by Crippen LogP contribution is -2.40. The van der Waals surface area contributed by atoms with Crippen molar-refractivity contribution in [3.8, 4) is 0 Å². The van der Waals surface area contributed by atoms with E-state index in [1.807, 2.05) is 11.9 Å². The number of nitrogens with zero attached hydrogens (tertiary/aromatic N) is 1. The lowest BCUT2D eigenvalue weighted by molar-refractivity contribution is 0.206. The van der Waals surface area contributed by atoms with Gasteiger partial charge in [-0.15, -0.1) is 0 Å². The average molecular weight is 270 g/mol. The van der Waals surface area contributed by atoms with Crippen molar-refractivity contribution in [2.45, 2.75) is 43.6 Å². The van der Waals surface area contributed by atoms with Crippen LogP contribution in [0.15, 0.2) is 24.3 Å². The van der Waals surface area contributed by atoms with Gasteiger partial charge in [-0.05, 0) is 49.1 Å². The Hall–Kier alpha value is -1.51. The molecule has 3 nitrogen and oxygen atoms in total. The smallest absolute Gasteiger partial charge is 0.317 e. The van der Waals surface area contributed by atoms with Crippen LogP contribution in [-0.4, -0.2) is 30.6 Å². The Morgan fingerprint density at radius 3 is 3.00 bits per heavy atom. The van der Waals surface area contributed by atoms with Gasteiger partial charge in [0.1, 0.15) is 0 Å². The van der Waals surface area contributed by atoms with Crippen molar-refractivity contribution in [2.24, 2.45) is 5.92 Å². The third-order valence-electron chi connectivity index (χ3n) is 5.54. The van der Waals surface area contributed by atoms with Gasteiger partial charge < -0.3 is 10.2 Å². The zero-order chi connectivity index (χ0) is 13.7. The van der Waals surface area contributed by atoms with Gasteiger partial charge >= 0.3 is 6.03 Å². The van der Waals surface area contributed by atoms with Crippen LogP contribution in [0.25, 0.3) is 0 Å². The van der Waals surface area contributed by atoms with Crippen LogP contribution in [0.1, 0.15) is 36.8 Å². The molecule has 0 bridgehead atoms. The van der Waals surface area contributed by atoms with E-state index < -0.39 is 0 Å². The highest BCUT2D eigenvalue weighted by atomic mass is 16.2. The van der Waals surface area contributed by atoms with Crippen LogP contribution in [-0.2, 0) is 11.8 Å². The maximum atomic E-state index is 12.0. The van der Waals surface area contributed by atoms with Gasteiger partial charge in [0.05, 0.1) is 0 Å². The lowest BCUT2D eigenvalue weighted by atomic mass is 9.95. The van der Waals surface area contributed by atoms with Crippen molar-refractivity contribution in [2.75, 3.05) is 13.6 Å². The van der Waals surface area contributed by atoms with Crippen LogP contribution in [0, 0.1) is 5.92 Å². The Balaban J connectivity index is 1.38. The first-order valence-electron chi connectivity index (χ1n) is 7.80. The molecule has 20 heavy (non-hydrogen) atoms. The summed E-state index contributed by atoms with van der Waals surface area (Å²) in [7, 11) is 1.92. The van der Waals surface area contributed by atoms with E-state index in [2.05, 4.69) is 29.6 Å². The van der Waals surface area contributed by atoms with E-state index in [9.17, 15) is 4.79 Å². The maximum Gasteiger partial charge on any atom is 0.317 e. The molecule has 0 radical (unpaired) electrons. The third-order valence-corrected chi connectivity index (χ3v) is 5.54. The number of urea groups is 1. The number of fused-ring (bicyclic) bond motifs is 2. The number of carbonyl (C=O) groups is 1. The minimum atomic E-state index is 0.112. The minimum Gasteiger partial charge on any atom is -0.338 e. The summed E-state index contributed by atoms with van der Waals surface area (Å²) in [5, 5.41) is 3.13. The molecule has 1 aromatic rings. The number of hydrogen-bond acceptors (Lipinski definition) is 1. The highest BCUT2D eigenvalue weighted by Gasteiger charge is 2.57. The van der Waals surface area contributed by atoms with Crippen molar-refractivity contribution in [1.82, 2.24) is 10.2 Å². The molecular formula is C17H22N2O. The van der Waals surface area contributed by atoms with Gasteiger partial charge in [0.2, 0.25) is 0 Å². The second kappa shape index (κ2) is 4.24. The molecule has 3 aliphatic carbocycles. The van der Waals surface area contributed by atoms with Crippen molar-refractivity contribution in [1.29, 1.82) is 0 Å². The van der Waals surface area contributed by atoms with Gasteiger partial charge in [-0.3, -0.25) is 0 Å². The third kappa shape index (κ3) is 1.83. The standard InChI is InChI=1S/C17H22N2O/c1-19(14-6-7-14)16(20)18-11-13-10-17(13)9-8-12-4-2-3-5-15(12)17/h2-5,13-14H,6-11H2,1H3,(H,18,20).